The molecule has 1 aliphatic heterocycles. The van der Waals surface area contributed by atoms with Gasteiger partial charge in [0, 0.05) is 26.2 Å². The summed E-state index contributed by atoms with van der Waals surface area (Å²) in [5, 5.41) is 3.28. The second kappa shape index (κ2) is 8.19. The molecule has 1 heterocycles. The quantitative estimate of drug-likeness (QED) is 0.847. The maximum absolute atomic E-state index is 12.2. The summed E-state index contributed by atoms with van der Waals surface area (Å²) < 4.78 is 28.9. The van der Waals surface area contributed by atoms with Crippen LogP contribution in [0.15, 0.2) is 36.9 Å². The smallest absolute Gasteiger partial charge is 0.387 e. The van der Waals surface area contributed by atoms with E-state index < -0.39 is 6.61 Å². The predicted molar refractivity (Wildman–Crippen MR) is 77.7 cm³/mol. The maximum atomic E-state index is 12.2. The van der Waals surface area contributed by atoms with Crippen LogP contribution in [0.2, 0.25) is 0 Å². The van der Waals surface area contributed by atoms with Crippen molar-refractivity contribution in [2.75, 3.05) is 26.2 Å². The van der Waals surface area contributed by atoms with E-state index in [-0.39, 0.29) is 24.2 Å². The molecule has 3 nitrogen and oxygen atoms in total. The molecule has 0 aromatic heterocycles. The Labute approximate surface area is 124 Å². The summed E-state index contributed by atoms with van der Waals surface area (Å²) in [5.41, 5.74) is 0.926. The van der Waals surface area contributed by atoms with Crippen molar-refractivity contribution in [3.63, 3.8) is 0 Å². The van der Waals surface area contributed by atoms with Gasteiger partial charge in [0.05, 0.1) is 6.04 Å². The summed E-state index contributed by atoms with van der Waals surface area (Å²) in [6, 6.07) is 6.86. The highest BCUT2D eigenvalue weighted by atomic mass is 35.5. The van der Waals surface area contributed by atoms with Crippen LogP contribution < -0.4 is 10.1 Å². The molecule has 1 atom stereocenters. The second-order valence-corrected chi connectivity index (χ2v) is 4.42. The van der Waals surface area contributed by atoms with Crippen LogP contribution in [0.1, 0.15) is 11.6 Å². The molecular formula is C14H19ClF2N2O. The van der Waals surface area contributed by atoms with Gasteiger partial charge in [-0.2, -0.15) is 8.78 Å². The van der Waals surface area contributed by atoms with Gasteiger partial charge in [0.25, 0.3) is 0 Å². The van der Waals surface area contributed by atoms with Crippen molar-refractivity contribution < 1.29 is 13.5 Å². The molecule has 1 fully saturated rings. The molecule has 20 heavy (non-hydrogen) atoms. The monoisotopic (exact) mass is 304 g/mol. The third kappa shape index (κ3) is 4.44. The minimum absolute atomic E-state index is 0. The summed E-state index contributed by atoms with van der Waals surface area (Å²) in [4.78, 5) is 2.27. The van der Waals surface area contributed by atoms with Gasteiger partial charge in [-0.15, -0.1) is 19.0 Å². The Bertz CT molecular complexity index is 425. The number of hydrogen-bond acceptors (Lipinski definition) is 3. The minimum Gasteiger partial charge on any atom is -0.435 e. The Balaban J connectivity index is 0.00000200. The molecule has 2 rings (SSSR count). The SMILES string of the molecule is C=C[C@H](c1cccc(OC(F)F)c1)N1CCNCC1.Cl. The van der Waals surface area contributed by atoms with E-state index in [1.807, 2.05) is 12.1 Å². The molecule has 1 aliphatic rings. The van der Waals surface area contributed by atoms with Crippen molar-refractivity contribution in [3.05, 3.63) is 42.5 Å². The minimum atomic E-state index is -2.79. The summed E-state index contributed by atoms with van der Waals surface area (Å²) in [5.74, 6) is 0.189. The first kappa shape index (κ1) is 16.9. The third-order valence-corrected chi connectivity index (χ3v) is 3.19. The first-order chi connectivity index (χ1) is 9.20. The normalized spacial score (nSPS) is 17.4. The van der Waals surface area contributed by atoms with Crippen LogP contribution in [0.4, 0.5) is 8.78 Å². The fourth-order valence-electron chi connectivity index (χ4n) is 2.33. The van der Waals surface area contributed by atoms with Crippen molar-refractivity contribution in [2.24, 2.45) is 0 Å². The zero-order valence-corrected chi connectivity index (χ0v) is 11.9. The van der Waals surface area contributed by atoms with E-state index in [2.05, 4.69) is 21.5 Å². The molecule has 0 spiro atoms. The number of hydrogen-bond donors (Lipinski definition) is 1. The van der Waals surface area contributed by atoms with E-state index in [9.17, 15) is 8.78 Å². The zero-order chi connectivity index (χ0) is 13.7. The van der Waals surface area contributed by atoms with Crippen LogP contribution in [0.5, 0.6) is 5.75 Å². The highest BCUT2D eigenvalue weighted by molar-refractivity contribution is 5.85. The molecule has 0 aliphatic carbocycles. The van der Waals surface area contributed by atoms with E-state index in [1.165, 1.54) is 6.07 Å². The van der Waals surface area contributed by atoms with Crippen molar-refractivity contribution in [1.82, 2.24) is 10.2 Å². The zero-order valence-electron chi connectivity index (χ0n) is 11.1. The van der Waals surface area contributed by atoms with Gasteiger partial charge in [-0.3, -0.25) is 4.90 Å². The van der Waals surface area contributed by atoms with Gasteiger partial charge in [0.1, 0.15) is 5.75 Å². The summed E-state index contributed by atoms with van der Waals surface area (Å²) in [6.07, 6.45) is 1.84. The Kier molecular flexibility index (Phi) is 6.91. The van der Waals surface area contributed by atoms with Gasteiger partial charge in [-0.05, 0) is 17.7 Å². The molecule has 112 valence electrons. The maximum Gasteiger partial charge on any atom is 0.387 e. The topological polar surface area (TPSA) is 24.5 Å². The highest BCUT2D eigenvalue weighted by Gasteiger charge is 2.19. The van der Waals surface area contributed by atoms with Gasteiger partial charge in [0.2, 0.25) is 0 Å². The number of rotatable bonds is 5. The largest absolute Gasteiger partial charge is 0.435 e. The lowest BCUT2D eigenvalue weighted by Gasteiger charge is -2.33. The molecule has 1 aromatic carbocycles. The lowest BCUT2D eigenvalue weighted by molar-refractivity contribution is -0.0499. The molecule has 1 saturated heterocycles. The van der Waals surface area contributed by atoms with Gasteiger partial charge in [-0.1, -0.05) is 18.2 Å². The van der Waals surface area contributed by atoms with Gasteiger partial charge in [0.15, 0.2) is 0 Å². The van der Waals surface area contributed by atoms with Crippen molar-refractivity contribution in [2.45, 2.75) is 12.7 Å². The average Bonchev–Trinajstić information content (AvgIpc) is 2.40. The number of halogens is 3. The van der Waals surface area contributed by atoms with E-state index in [0.717, 1.165) is 31.7 Å². The van der Waals surface area contributed by atoms with E-state index in [1.54, 1.807) is 12.1 Å². The third-order valence-electron chi connectivity index (χ3n) is 3.19. The number of benzene rings is 1. The van der Waals surface area contributed by atoms with Crippen LogP contribution in [0.25, 0.3) is 0 Å². The number of alkyl halides is 2. The fourth-order valence-corrected chi connectivity index (χ4v) is 2.33. The molecule has 6 heteroatoms. The first-order valence-electron chi connectivity index (χ1n) is 6.33. The van der Waals surface area contributed by atoms with Crippen LogP contribution in [-0.4, -0.2) is 37.7 Å². The van der Waals surface area contributed by atoms with Crippen LogP contribution in [0.3, 0.4) is 0 Å². The summed E-state index contributed by atoms with van der Waals surface area (Å²) in [7, 11) is 0. The molecule has 0 bridgehead atoms. The van der Waals surface area contributed by atoms with Crippen LogP contribution >= 0.6 is 12.4 Å². The van der Waals surface area contributed by atoms with Crippen molar-refractivity contribution >= 4 is 12.4 Å². The van der Waals surface area contributed by atoms with E-state index in [4.69, 9.17) is 0 Å². The van der Waals surface area contributed by atoms with Crippen LogP contribution in [-0.2, 0) is 0 Å². The second-order valence-electron chi connectivity index (χ2n) is 4.42. The van der Waals surface area contributed by atoms with E-state index in [0.29, 0.717) is 0 Å². The van der Waals surface area contributed by atoms with Gasteiger partial charge >= 0.3 is 6.61 Å². The molecule has 1 N–H and O–H groups in total. The van der Waals surface area contributed by atoms with Crippen molar-refractivity contribution in [3.8, 4) is 5.75 Å². The predicted octanol–water partition coefficient (Wildman–Crippen LogP) is 2.84. The fraction of sp³-hybridized carbons (Fsp3) is 0.429. The highest BCUT2D eigenvalue weighted by Crippen LogP contribution is 2.26. The van der Waals surface area contributed by atoms with Crippen molar-refractivity contribution in [1.29, 1.82) is 0 Å². The number of nitrogens with one attached hydrogen (secondary N) is 1. The van der Waals surface area contributed by atoms with Crippen LogP contribution in [0, 0.1) is 0 Å². The first-order valence-corrected chi connectivity index (χ1v) is 6.33. The molecule has 0 saturated carbocycles. The van der Waals surface area contributed by atoms with Gasteiger partial charge in [-0.25, -0.2) is 0 Å². The standard InChI is InChI=1S/C14H18F2N2O.ClH/c1-2-13(18-8-6-17-7-9-18)11-4-3-5-12(10-11)19-14(15)16;/h2-5,10,13-14,17H,1,6-9H2;1H/t13-;/m1./s1. The summed E-state index contributed by atoms with van der Waals surface area (Å²) >= 11 is 0. The Morgan fingerprint density at radius 1 is 1.30 bits per heavy atom. The number of nitrogens with zero attached hydrogens (tertiary/aromatic N) is 1. The number of piperazine rings is 1. The molecule has 0 amide bonds. The number of ether oxygens (including phenoxy) is 1. The lowest BCUT2D eigenvalue weighted by atomic mass is 10.0. The average molecular weight is 305 g/mol. The molecule has 0 unspecified atom stereocenters. The van der Waals surface area contributed by atoms with E-state index >= 15 is 0 Å². The molecular weight excluding hydrogens is 286 g/mol. The van der Waals surface area contributed by atoms with Gasteiger partial charge < -0.3 is 10.1 Å². The molecule has 0 radical (unpaired) electrons. The summed E-state index contributed by atoms with van der Waals surface area (Å²) in [6.45, 7) is 4.74. The Hall–Kier alpha value is -1.17. The Morgan fingerprint density at radius 2 is 2.00 bits per heavy atom. The lowest BCUT2D eigenvalue weighted by Crippen LogP contribution is -2.44. The molecule has 1 aromatic rings. The Morgan fingerprint density at radius 3 is 2.60 bits per heavy atom.